The van der Waals surface area contributed by atoms with Crippen LogP contribution in [-0.4, -0.2) is 29.2 Å². The van der Waals surface area contributed by atoms with Gasteiger partial charge in [-0.05, 0) is 37.5 Å². The fourth-order valence-electron chi connectivity index (χ4n) is 3.23. The third kappa shape index (κ3) is 4.63. The summed E-state index contributed by atoms with van der Waals surface area (Å²) < 4.78 is 5.71. The Labute approximate surface area is 159 Å². The molecule has 1 aliphatic heterocycles. The van der Waals surface area contributed by atoms with Crippen LogP contribution in [0.2, 0.25) is 0 Å². The maximum Gasteiger partial charge on any atom is 0.229 e. The van der Waals surface area contributed by atoms with Crippen LogP contribution >= 0.6 is 0 Å². The first-order chi connectivity index (χ1) is 13.3. The minimum absolute atomic E-state index is 0.258. The third-order valence-electron chi connectivity index (χ3n) is 4.60. The molecule has 1 aliphatic rings. The Morgan fingerprint density at radius 1 is 1.04 bits per heavy atom. The number of anilines is 3. The molecule has 4 rings (SSSR count). The Balaban J connectivity index is 1.61. The lowest BCUT2D eigenvalue weighted by molar-refractivity contribution is 0.120. The van der Waals surface area contributed by atoms with E-state index >= 15 is 0 Å². The second kappa shape index (κ2) is 8.18. The smallest absolute Gasteiger partial charge is 0.229 e. The summed E-state index contributed by atoms with van der Waals surface area (Å²) in [7, 11) is 0. The summed E-state index contributed by atoms with van der Waals surface area (Å²) in [6, 6.07) is 20.3. The van der Waals surface area contributed by atoms with Gasteiger partial charge in [0.1, 0.15) is 5.82 Å². The van der Waals surface area contributed by atoms with Gasteiger partial charge in [0, 0.05) is 30.5 Å². The van der Waals surface area contributed by atoms with Crippen LogP contribution in [0.4, 0.5) is 17.5 Å². The zero-order valence-electron chi connectivity index (χ0n) is 15.5. The van der Waals surface area contributed by atoms with Crippen molar-refractivity contribution in [2.45, 2.75) is 25.9 Å². The summed E-state index contributed by atoms with van der Waals surface area (Å²) in [5, 5.41) is 6.75. The molecule has 0 bridgehead atoms. The van der Waals surface area contributed by atoms with Gasteiger partial charge >= 0.3 is 0 Å². The Bertz CT molecular complexity index is 892. The van der Waals surface area contributed by atoms with Crippen molar-refractivity contribution in [3.63, 3.8) is 0 Å². The maximum absolute atomic E-state index is 5.71. The number of ether oxygens (including phenoxy) is 1. The van der Waals surface area contributed by atoms with Crippen molar-refractivity contribution in [3.8, 4) is 11.3 Å². The molecule has 27 heavy (non-hydrogen) atoms. The van der Waals surface area contributed by atoms with E-state index in [4.69, 9.17) is 9.72 Å². The van der Waals surface area contributed by atoms with Crippen molar-refractivity contribution >= 4 is 17.5 Å². The lowest BCUT2D eigenvalue weighted by Gasteiger charge is -2.14. The largest absolute Gasteiger partial charge is 0.376 e. The van der Waals surface area contributed by atoms with Crippen LogP contribution in [0, 0.1) is 6.92 Å². The molecular weight excluding hydrogens is 336 g/mol. The van der Waals surface area contributed by atoms with Gasteiger partial charge in [-0.3, -0.25) is 0 Å². The predicted octanol–water partition coefficient (Wildman–Crippen LogP) is 4.79. The first-order valence-electron chi connectivity index (χ1n) is 9.40. The highest BCUT2D eigenvalue weighted by atomic mass is 16.5. The summed E-state index contributed by atoms with van der Waals surface area (Å²) in [6.45, 7) is 3.68. The quantitative estimate of drug-likeness (QED) is 0.662. The zero-order valence-corrected chi connectivity index (χ0v) is 15.5. The fourth-order valence-corrected chi connectivity index (χ4v) is 3.23. The number of aromatic nitrogens is 2. The van der Waals surface area contributed by atoms with Gasteiger partial charge in [-0.15, -0.1) is 0 Å². The molecule has 0 radical (unpaired) electrons. The Hall–Kier alpha value is -2.92. The molecule has 2 heterocycles. The molecule has 3 aromatic rings. The van der Waals surface area contributed by atoms with Gasteiger partial charge < -0.3 is 15.4 Å². The van der Waals surface area contributed by atoms with Crippen LogP contribution in [-0.2, 0) is 4.74 Å². The Morgan fingerprint density at radius 3 is 2.70 bits per heavy atom. The zero-order chi connectivity index (χ0) is 18.5. The van der Waals surface area contributed by atoms with E-state index in [1.165, 1.54) is 5.56 Å². The molecule has 1 fully saturated rings. The SMILES string of the molecule is Cc1cccc(Nc2nc(NCC3CCCO3)cc(-c3ccccc3)n2)c1. The summed E-state index contributed by atoms with van der Waals surface area (Å²) in [6.07, 6.45) is 2.48. The fraction of sp³-hybridized carbons (Fsp3) is 0.273. The standard InChI is InChI=1S/C22H24N4O/c1-16-7-5-10-18(13-16)24-22-25-20(17-8-3-2-4-9-17)14-21(26-22)23-15-19-11-6-12-27-19/h2-5,7-10,13-14,19H,6,11-12,15H2,1H3,(H2,23,24,25,26). The van der Waals surface area contributed by atoms with Crippen molar-refractivity contribution in [1.82, 2.24) is 9.97 Å². The average molecular weight is 360 g/mol. The van der Waals surface area contributed by atoms with Gasteiger partial charge in [0.25, 0.3) is 0 Å². The van der Waals surface area contributed by atoms with E-state index in [0.717, 1.165) is 48.8 Å². The molecule has 0 spiro atoms. The van der Waals surface area contributed by atoms with Gasteiger partial charge in [-0.25, -0.2) is 4.98 Å². The van der Waals surface area contributed by atoms with E-state index in [-0.39, 0.29) is 6.10 Å². The summed E-state index contributed by atoms with van der Waals surface area (Å²) in [5.74, 6) is 1.38. The minimum Gasteiger partial charge on any atom is -0.376 e. The molecule has 0 saturated carbocycles. The first kappa shape index (κ1) is 17.5. The maximum atomic E-state index is 5.71. The summed E-state index contributed by atoms with van der Waals surface area (Å²) in [4.78, 5) is 9.37. The Kier molecular flexibility index (Phi) is 5.30. The van der Waals surface area contributed by atoms with Crippen molar-refractivity contribution in [2.75, 3.05) is 23.8 Å². The highest BCUT2D eigenvalue weighted by Gasteiger charge is 2.16. The second-order valence-electron chi connectivity index (χ2n) is 6.84. The molecule has 1 atom stereocenters. The molecule has 0 amide bonds. The predicted molar refractivity (Wildman–Crippen MR) is 109 cm³/mol. The van der Waals surface area contributed by atoms with E-state index in [0.29, 0.717) is 5.95 Å². The number of nitrogens with zero attached hydrogens (tertiary/aromatic N) is 2. The number of aryl methyl sites for hydroxylation is 1. The topological polar surface area (TPSA) is 59.1 Å². The lowest BCUT2D eigenvalue weighted by atomic mass is 10.1. The minimum atomic E-state index is 0.258. The van der Waals surface area contributed by atoms with Gasteiger partial charge in [0.2, 0.25) is 5.95 Å². The van der Waals surface area contributed by atoms with E-state index in [9.17, 15) is 0 Å². The van der Waals surface area contributed by atoms with Crippen molar-refractivity contribution in [1.29, 1.82) is 0 Å². The molecule has 5 heteroatoms. The van der Waals surface area contributed by atoms with E-state index in [1.807, 2.05) is 36.4 Å². The third-order valence-corrected chi connectivity index (χ3v) is 4.60. The van der Waals surface area contributed by atoms with Crippen LogP contribution in [0.5, 0.6) is 0 Å². The van der Waals surface area contributed by atoms with Gasteiger partial charge in [-0.1, -0.05) is 42.5 Å². The molecule has 1 aromatic heterocycles. The Morgan fingerprint density at radius 2 is 1.93 bits per heavy atom. The normalized spacial score (nSPS) is 16.3. The van der Waals surface area contributed by atoms with Gasteiger partial charge in [0.15, 0.2) is 0 Å². The van der Waals surface area contributed by atoms with Gasteiger partial charge in [0.05, 0.1) is 11.8 Å². The molecule has 1 saturated heterocycles. The molecule has 5 nitrogen and oxygen atoms in total. The van der Waals surface area contributed by atoms with Crippen LogP contribution in [0.15, 0.2) is 60.7 Å². The van der Waals surface area contributed by atoms with E-state index < -0.39 is 0 Å². The van der Waals surface area contributed by atoms with E-state index in [2.05, 4.69) is 46.8 Å². The summed E-state index contributed by atoms with van der Waals surface area (Å²) >= 11 is 0. The molecule has 2 N–H and O–H groups in total. The van der Waals surface area contributed by atoms with Crippen LogP contribution < -0.4 is 10.6 Å². The van der Waals surface area contributed by atoms with Crippen LogP contribution in [0.25, 0.3) is 11.3 Å². The molecule has 0 aliphatic carbocycles. The van der Waals surface area contributed by atoms with Crippen molar-refractivity contribution in [2.24, 2.45) is 0 Å². The summed E-state index contributed by atoms with van der Waals surface area (Å²) in [5.41, 5.74) is 4.11. The molecule has 2 aromatic carbocycles. The number of nitrogens with one attached hydrogen (secondary N) is 2. The average Bonchev–Trinajstić information content (AvgIpc) is 3.21. The molecular formula is C22H24N4O. The number of hydrogen-bond donors (Lipinski definition) is 2. The van der Waals surface area contributed by atoms with Crippen molar-refractivity contribution in [3.05, 3.63) is 66.2 Å². The van der Waals surface area contributed by atoms with Crippen molar-refractivity contribution < 1.29 is 4.74 Å². The monoisotopic (exact) mass is 360 g/mol. The van der Waals surface area contributed by atoms with Crippen LogP contribution in [0.1, 0.15) is 18.4 Å². The number of benzene rings is 2. The number of hydrogen-bond acceptors (Lipinski definition) is 5. The number of rotatable bonds is 6. The lowest BCUT2D eigenvalue weighted by Crippen LogP contribution is -2.19. The highest BCUT2D eigenvalue weighted by Crippen LogP contribution is 2.24. The molecule has 138 valence electrons. The first-order valence-corrected chi connectivity index (χ1v) is 9.40. The second-order valence-corrected chi connectivity index (χ2v) is 6.84. The van der Waals surface area contributed by atoms with Gasteiger partial charge in [-0.2, -0.15) is 4.98 Å². The van der Waals surface area contributed by atoms with E-state index in [1.54, 1.807) is 0 Å². The molecule has 1 unspecified atom stereocenters. The van der Waals surface area contributed by atoms with Crippen LogP contribution in [0.3, 0.4) is 0 Å². The highest BCUT2D eigenvalue weighted by molar-refractivity contribution is 5.66.